The Bertz CT molecular complexity index is 740. The van der Waals surface area contributed by atoms with E-state index < -0.39 is 0 Å². The number of para-hydroxylation sites is 1. The van der Waals surface area contributed by atoms with E-state index in [9.17, 15) is 0 Å². The Morgan fingerprint density at radius 1 is 1.17 bits per heavy atom. The van der Waals surface area contributed by atoms with E-state index >= 15 is 0 Å². The lowest BCUT2D eigenvalue weighted by atomic mass is 10.1. The molecule has 1 aliphatic rings. The van der Waals surface area contributed by atoms with Gasteiger partial charge in [-0.1, -0.05) is 30.3 Å². The predicted octanol–water partition coefficient (Wildman–Crippen LogP) is 3.81. The highest BCUT2D eigenvalue weighted by Crippen LogP contribution is 2.18. The molecular formula is C18H20N4S. The molecule has 2 N–H and O–H groups in total. The van der Waals surface area contributed by atoms with E-state index in [0.717, 1.165) is 35.7 Å². The molecule has 0 atom stereocenters. The summed E-state index contributed by atoms with van der Waals surface area (Å²) in [6.07, 6.45) is 0.851. The van der Waals surface area contributed by atoms with Crippen molar-refractivity contribution in [3.63, 3.8) is 0 Å². The van der Waals surface area contributed by atoms with Crippen LogP contribution in [0.3, 0.4) is 0 Å². The van der Waals surface area contributed by atoms with Crippen LogP contribution in [-0.4, -0.2) is 17.5 Å². The zero-order valence-corrected chi connectivity index (χ0v) is 14.2. The van der Waals surface area contributed by atoms with Gasteiger partial charge in [0.2, 0.25) is 0 Å². The molecule has 0 aromatic heterocycles. The highest BCUT2D eigenvalue weighted by molar-refractivity contribution is 7.80. The highest BCUT2D eigenvalue weighted by Gasteiger charge is 2.17. The van der Waals surface area contributed by atoms with Crippen LogP contribution < -0.4 is 15.8 Å². The van der Waals surface area contributed by atoms with Crippen LogP contribution in [0.5, 0.6) is 0 Å². The number of amidine groups is 1. The van der Waals surface area contributed by atoms with E-state index in [1.54, 1.807) is 0 Å². The lowest BCUT2D eigenvalue weighted by Crippen LogP contribution is -2.33. The number of hydrazine groups is 1. The van der Waals surface area contributed by atoms with Crippen molar-refractivity contribution in [2.75, 3.05) is 16.9 Å². The number of thiocarbonyl (C=S) groups is 1. The molecule has 23 heavy (non-hydrogen) atoms. The van der Waals surface area contributed by atoms with Crippen LogP contribution in [0.25, 0.3) is 0 Å². The van der Waals surface area contributed by atoms with Crippen molar-refractivity contribution in [1.29, 1.82) is 0 Å². The second-order valence-corrected chi connectivity index (χ2v) is 6.04. The number of aryl methyl sites for hydroxylation is 2. The average Bonchev–Trinajstić information content (AvgIpc) is 3.00. The number of rotatable bonds is 2. The number of benzene rings is 2. The lowest BCUT2D eigenvalue weighted by molar-refractivity contribution is 0.858. The fourth-order valence-electron chi connectivity index (χ4n) is 2.50. The SMILES string of the molecule is Cc1ccc(C)c(NC(=S)/N=C2\CCN(c3ccccc3)N2)c1. The molecule has 1 aliphatic heterocycles. The van der Waals surface area contributed by atoms with E-state index in [-0.39, 0.29) is 0 Å². The van der Waals surface area contributed by atoms with E-state index in [1.807, 2.05) is 18.2 Å². The minimum absolute atomic E-state index is 0.483. The summed E-state index contributed by atoms with van der Waals surface area (Å²) in [7, 11) is 0. The van der Waals surface area contributed by atoms with E-state index in [0.29, 0.717) is 5.11 Å². The van der Waals surface area contributed by atoms with Gasteiger partial charge < -0.3 is 5.32 Å². The van der Waals surface area contributed by atoms with Gasteiger partial charge in [0.15, 0.2) is 5.11 Å². The molecule has 1 fully saturated rings. The minimum Gasteiger partial charge on any atom is -0.331 e. The summed E-state index contributed by atoms with van der Waals surface area (Å²) >= 11 is 5.37. The molecule has 0 amide bonds. The molecule has 0 unspecified atom stereocenters. The van der Waals surface area contributed by atoms with Crippen LogP contribution in [-0.2, 0) is 0 Å². The van der Waals surface area contributed by atoms with Crippen LogP contribution in [0.4, 0.5) is 11.4 Å². The van der Waals surface area contributed by atoms with Crippen molar-refractivity contribution >= 4 is 34.5 Å². The Morgan fingerprint density at radius 2 is 1.96 bits per heavy atom. The maximum absolute atomic E-state index is 5.37. The Morgan fingerprint density at radius 3 is 2.74 bits per heavy atom. The van der Waals surface area contributed by atoms with Crippen molar-refractivity contribution in [3.8, 4) is 0 Å². The maximum Gasteiger partial charge on any atom is 0.198 e. The van der Waals surface area contributed by atoms with Crippen LogP contribution in [0.1, 0.15) is 17.5 Å². The maximum atomic E-state index is 5.37. The summed E-state index contributed by atoms with van der Waals surface area (Å²) in [4.78, 5) is 4.50. The number of aliphatic imine (C=N–C) groups is 1. The number of nitrogens with zero attached hydrogens (tertiary/aromatic N) is 2. The smallest absolute Gasteiger partial charge is 0.198 e. The largest absolute Gasteiger partial charge is 0.331 e. The Labute approximate surface area is 142 Å². The lowest BCUT2D eigenvalue weighted by Gasteiger charge is -2.17. The summed E-state index contributed by atoms with van der Waals surface area (Å²) in [6, 6.07) is 16.5. The first-order valence-electron chi connectivity index (χ1n) is 7.67. The molecule has 2 aromatic rings. The van der Waals surface area contributed by atoms with E-state index in [1.165, 1.54) is 5.56 Å². The molecule has 1 saturated heterocycles. The summed E-state index contributed by atoms with van der Waals surface area (Å²) in [5.74, 6) is 0.886. The molecule has 0 aliphatic carbocycles. The molecular weight excluding hydrogens is 304 g/mol. The zero-order chi connectivity index (χ0) is 16.2. The van der Waals surface area contributed by atoms with E-state index in [4.69, 9.17) is 12.2 Å². The first-order chi connectivity index (χ1) is 11.1. The average molecular weight is 324 g/mol. The Hall–Kier alpha value is -2.40. The third kappa shape index (κ3) is 3.87. The van der Waals surface area contributed by atoms with Gasteiger partial charge in [-0.25, -0.2) is 4.99 Å². The third-order valence-corrected chi connectivity index (χ3v) is 3.97. The topological polar surface area (TPSA) is 39.7 Å². The molecule has 0 radical (unpaired) electrons. The molecule has 0 bridgehead atoms. The van der Waals surface area contributed by atoms with Crippen molar-refractivity contribution in [2.24, 2.45) is 4.99 Å². The summed E-state index contributed by atoms with van der Waals surface area (Å²) in [6.45, 7) is 5.01. The second kappa shape index (κ2) is 6.79. The van der Waals surface area contributed by atoms with Gasteiger partial charge in [0.05, 0.1) is 5.69 Å². The molecule has 3 rings (SSSR count). The number of hydrogen-bond acceptors (Lipinski definition) is 2. The molecule has 1 heterocycles. The fourth-order valence-corrected chi connectivity index (χ4v) is 2.72. The molecule has 0 saturated carbocycles. The van der Waals surface area contributed by atoms with Gasteiger partial charge in [0.1, 0.15) is 5.84 Å². The highest BCUT2D eigenvalue weighted by atomic mass is 32.1. The van der Waals surface area contributed by atoms with E-state index in [2.05, 4.69) is 64.9 Å². The first kappa shape index (κ1) is 15.5. The Balaban J connectivity index is 1.66. The molecule has 5 heteroatoms. The van der Waals surface area contributed by atoms with Gasteiger partial charge in [0.25, 0.3) is 0 Å². The monoisotopic (exact) mass is 324 g/mol. The van der Waals surface area contributed by atoms with Crippen LogP contribution in [0.15, 0.2) is 53.5 Å². The van der Waals surface area contributed by atoms with Gasteiger partial charge in [0, 0.05) is 18.7 Å². The van der Waals surface area contributed by atoms with Crippen LogP contribution >= 0.6 is 12.2 Å². The quantitative estimate of drug-likeness (QED) is 0.824. The number of hydrogen-bond donors (Lipinski definition) is 2. The number of anilines is 2. The van der Waals surface area contributed by atoms with Gasteiger partial charge in [-0.2, -0.15) is 0 Å². The minimum atomic E-state index is 0.483. The van der Waals surface area contributed by atoms with Crippen molar-refractivity contribution in [1.82, 2.24) is 5.43 Å². The number of nitrogens with one attached hydrogen (secondary N) is 2. The van der Waals surface area contributed by atoms with Crippen LogP contribution in [0, 0.1) is 13.8 Å². The summed E-state index contributed by atoms with van der Waals surface area (Å²) < 4.78 is 0. The van der Waals surface area contributed by atoms with Gasteiger partial charge in [-0.15, -0.1) is 0 Å². The zero-order valence-electron chi connectivity index (χ0n) is 13.3. The Kier molecular flexibility index (Phi) is 4.57. The van der Waals surface area contributed by atoms with Crippen LogP contribution in [0.2, 0.25) is 0 Å². The van der Waals surface area contributed by atoms with Gasteiger partial charge in [-0.05, 0) is 55.4 Å². The normalized spacial score (nSPS) is 15.6. The molecule has 4 nitrogen and oxygen atoms in total. The molecule has 2 aromatic carbocycles. The third-order valence-electron chi connectivity index (χ3n) is 3.78. The first-order valence-corrected chi connectivity index (χ1v) is 8.08. The van der Waals surface area contributed by atoms with Crippen molar-refractivity contribution < 1.29 is 0 Å². The standard InChI is InChI=1S/C18H20N4S/c1-13-8-9-14(2)16(12-13)19-18(23)20-17-10-11-22(21-17)15-6-4-3-5-7-15/h3-9,12H,10-11H2,1-2H3,(H2,19,20,21,23). The van der Waals surface area contributed by atoms with Crippen molar-refractivity contribution in [2.45, 2.75) is 20.3 Å². The molecule has 0 spiro atoms. The van der Waals surface area contributed by atoms with Gasteiger partial charge >= 0.3 is 0 Å². The molecule has 118 valence electrons. The predicted molar refractivity (Wildman–Crippen MR) is 101 cm³/mol. The van der Waals surface area contributed by atoms with Gasteiger partial charge in [-0.3, -0.25) is 10.4 Å². The van der Waals surface area contributed by atoms with Crippen molar-refractivity contribution in [3.05, 3.63) is 59.7 Å². The summed E-state index contributed by atoms with van der Waals surface area (Å²) in [5.41, 5.74) is 7.80. The fraction of sp³-hybridized carbons (Fsp3) is 0.222. The second-order valence-electron chi connectivity index (χ2n) is 5.66. The summed E-state index contributed by atoms with van der Waals surface area (Å²) in [5, 5.41) is 5.78.